The molecular weight excluding hydrogens is 546 g/mol. The van der Waals surface area contributed by atoms with Crippen LogP contribution in [0.4, 0.5) is 5.69 Å². The summed E-state index contributed by atoms with van der Waals surface area (Å²) in [5.41, 5.74) is 3.71. The van der Waals surface area contributed by atoms with Crippen molar-refractivity contribution in [2.24, 2.45) is 0 Å². The van der Waals surface area contributed by atoms with E-state index >= 15 is 0 Å². The highest BCUT2D eigenvalue weighted by atomic mass is 35.5. The summed E-state index contributed by atoms with van der Waals surface area (Å²) in [6.45, 7) is 9.43. The number of hydrogen-bond donors (Lipinski definition) is 1. The number of nitrogens with one attached hydrogen (secondary N) is 1. The van der Waals surface area contributed by atoms with E-state index in [-0.39, 0.29) is 17.3 Å². The zero-order valence-electron chi connectivity index (χ0n) is 23.8. The number of sulfonamides is 1. The maximum Gasteiger partial charge on any atom is 0.264 e. The van der Waals surface area contributed by atoms with E-state index in [1.807, 2.05) is 45.0 Å². The van der Waals surface area contributed by atoms with Crippen molar-refractivity contribution in [3.63, 3.8) is 0 Å². The fraction of sp³-hybridized carbons (Fsp3) is 0.355. The van der Waals surface area contributed by atoms with Crippen LogP contribution in [0.25, 0.3) is 0 Å². The van der Waals surface area contributed by atoms with Crippen LogP contribution in [0.5, 0.6) is 0 Å². The minimum absolute atomic E-state index is 0.0564. The zero-order valence-corrected chi connectivity index (χ0v) is 25.3. The van der Waals surface area contributed by atoms with E-state index in [1.54, 1.807) is 44.2 Å². The van der Waals surface area contributed by atoms with Gasteiger partial charge in [0.15, 0.2) is 0 Å². The van der Waals surface area contributed by atoms with E-state index in [0.717, 1.165) is 33.8 Å². The number of hydrogen-bond acceptors (Lipinski definition) is 4. The van der Waals surface area contributed by atoms with Crippen LogP contribution in [0, 0.1) is 20.8 Å². The molecule has 0 heterocycles. The topological polar surface area (TPSA) is 86.8 Å². The van der Waals surface area contributed by atoms with Gasteiger partial charge >= 0.3 is 0 Å². The molecule has 0 fully saturated rings. The first-order valence-corrected chi connectivity index (χ1v) is 15.2. The molecule has 0 saturated carbocycles. The van der Waals surface area contributed by atoms with Crippen LogP contribution in [-0.2, 0) is 26.2 Å². The van der Waals surface area contributed by atoms with Crippen molar-refractivity contribution < 1.29 is 18.0 Å². The SMILES string of the molecule is CCCCNC(=O)[C@@H](C)N(Cc1cccc(C)c1)C(=O)CN(c1cc(Cl)ccc1C)S(=O)(=O)c1ccc(C)cc1. The minimum Gasteiger partial charge on any atom is -0.354 e. The minimum atomic E-state index is -4.16. The molecule has 9 heteroatoms. The van der Waals surface area contributed by atoms with Gasteiger partial charge in [-0.3, -0.25) is 13.9 Å². The maximum atomic E-state index is 14.0. The van der Waals surface area contributed by atoms with Gasteiger partial charge in [-0.05, 0) is 69.5 Å². The van der Waals surface area contributed by atoms with E-state index < -0.39 is 28.5 Å². The van der Waals surface area contributed by atoms with E-state index in [1.165, 1.54) is 17.0 Å². The molecule has 3 rings (SSSR count). The van der Waals surface area contributed by atoms with Crippen molar-refractivity contribution in [1.29, 1.82) is 0 Å². The molecule has 0 unspecified atom stereocenters. The number of halogens is 1. The highest BCUT2D eigenvalue weighted by Gasteiger charge is 2.33. The average molecular weight is 584 g/mol. The molecule has 0 aliphatic rings. The van der Waals surface area contributed by atoms with Gasteiger partial charge in [-0.15, -0.1) is 0 Å². The Kier molecular flexibility index (Phi) is 10.8. The summed E-state index contributed by atoms with van der Waals surface area (Å²) in [7, 11) is -4.16. The summed E-state index contributed by atoms with van der Waals surface area (Å²) >= 11 is 6.28. The quantitative estimate of drug-likeness (QED) is 0.273. The lowest BCUT2D eigenvalue weighted by Crippen LogP contribution is -2.51. The highest BCUT2D eigenvalue weighted by molar-refractivity contribution is 7.92. The third-order valence-corrected chi connectivity index (χ3v) is 8.77. The molecule has 0 aromatic heterocycles. The van der Waals surface area contributed by atoms with Gasteiger partial charge in [-0.25, -0.2) is 8.42 Å². The predicted molar refractivity (Wildman–Crippen MR) is 161 cm³/mol. The Morgan fingerprint density at radius 2 is 1.65 bits per heavy atom. The van der Waals surface area contributed by atoms with Crippen LogP contribution in [0.3, 0.4) is 0 Å². The van der Waals surface area contributed by atoms with Crippen LogP contribution in [0.1, 0.15) is 48.9 Å². The molecule has 0 aliphatic heterocycles. The van der Waals surface area contributed by atoms with Crippen LogP contribution >= 0.6 is 11.6 Å². The number of rotatable bonds is 12. The summed E-state index contributed by atoms with van der Waals surface area (Å²) in [5, 5.41) is 3.24. The second-order valence-electron chi connectivity index (χ2n) is 10.1. The Morgan fingerprint density at radius 1 is 0.950 bits per heavy atom. The van der Waals surface area contributed by atoms with Crippen LogP contribution in [0.15, 0.2) is 71.6 Å². The summed E-state index contributed by atoms with van der Waals surface area (Å²) in [4.78, 5) is 28.6. The number of unbranched alkanes of at least 4 members (excludes halogenated alkanes) is 1. The summed E-state index contributed by atoms with van der Waals surface area (Å²) in [6, 6.07) is 18.3. The van der Waals surface area contributed by atoms with Crippen molar-refractivity contribution in [3.05, 3.63) is 94.0 Å². The lowest BCUT2D eigenvalue weighted by Gasteiger charge is -2.32. The van der Waals surface area contributed by atoms with Crippen molar-refractivity contribution in [3.8, 4) is 0 Å². The second kappa shape index (κ2) is 13.8. The molecule has 1 N–H and O–H groups in total. The fourth-order valence-electron chi connectivity index (χ4n) is 4.33. The second-order valence-corrected chi connectivity index (χ2v) is 12.4. The third-order valence-electron chi connectivity index (χ3n) is 6.76. The van der Waals surface area contributed by atoms with Crippen molar-refractivity contribution >= 4 is 39.1 Å². The van der Waals surface area contributed by atoms with Crippen molar-refractivity contribution in [1.82, 2.24) is 10.2 Å². The van der Waals surface area contributed by atoms with Gasteiger partial charge in [-0.1, -0.05) is 78.5 Å². The Labute approximate surface area is 243 Å². The van der Waals surface area contributed by atoms with Gasteiger partial charge < -0.3 is 10.2 Å². The van der Waals surface area contributed by atoms with Gasteiger partial charge in [0.2, 0.25) is 11.8 Å². The summed E-state index contributed by atoms with van der Waals surface area (Å²) < 4.78 is 29.0. The summed E-state index contributed by atoms with van der Waals surface area (Å²) in [5.74, 6) is -0.795. The number of amides is 2. The van der Waals surface area contributed by atoms with Crippen LogP contribution in [-0.4, -0.2) is 44.3 Å². The van der Waals surface area contributed by atoms with Gasteiger partial charge in [0.05, 0.1) is 10.6 Å². The molecule has 0 aliphatic carbocycles. The van der Waals surface area contributed by atoms with Gasteiger partial charge in [-0.2, -0.15) is 0 Å². The Morgan fingerprint density at radius 3 is 2.30 bits per heavy atom. The number of nitrogens with zero attached hydrogens (tertiary/aromatic N) is 2. The molecular formula is C31H38ClN3O4S. The normalized spacial score (nSPS) is 12.1. The van der Waals surface area contributed by atoms with E-state index in [2.05, 4.69) is 5.32 Å². The molecule has 7 nitrogen and oxygen atoms in total. The molecule has 0 saturated heterocycles. The Bertz CT molecular complexity index is 1440. The van der Waals surface area contributed by atoms with Crippen molar-refractivity contribution in [2.45, 2.75) is 64.9 Å². The number of carbonyl (C=O) groups is 2. The average Bonchev–Trinajstić information content (AvgIpc) is 2.91. The fourth-order valence-corrected chi connectivity index (χ4v) is 5.96. The van der Waals surface area contributed by atoms with Crippen LogP contribution < -0.4 is 9.62 Å². The maximum absolute atomic E-state index is 14.0. The zero-order chi connectivity index (χ0) is 29.4. The van der Waals surface area contributed by atoms with E-state index in [9.17, 15) is 18.0 Å². The number of anilines is 1. The van der Waals surface area contributed by atoms with Gasteiger partial charge in [0.25, 0.3) is 10.0 Å². The Hall–Kier alpha value is -3.36. The van der Waals surface area contributed by atoms with Crippen molar-refractivity contribution in [2.75, 3.05) is 17.4 Å². The lowest BCUT2D eigenvalue weighted by molar-refractivity contribution is -0.139. The lowest BCUT2D eigenvalue weighted by atomic mass is 10.1. The molecule has 40 heavy (non-hydrogen) atoms. The first kappa shape index (κ1) is 31.2. The monoisotopic (exact) mass is 583 g/mol. The molecule has 214 valence electrons. The number of benzene rings is 3. The largest absolute Gasteiger partial charge is 0.354 e. The van der Waals surface area contributed by atoms with E-state index in [0.29, 0.717) is 22.8 Å². The third kappa shape index (κ3) is 7.86. The molecule has 2 amide bonds. The predicted octanol–water partition coefficient (Wildman–Crippen LogP) is 5.79. The first-order chi connectivity index (χ1) is 18.9. The standard InChI is InChI=1S/C31H38ClN3O4S/c1-6-7-17-33-31(37)25(5)34(20-26-10-8-9-23(3)18-26)30(36)21-35(29-19-27(32)14-13-24(29)4)40(38,39)28-15-11-22(2)12-16-28/h8-16,18-19,25H,6-7,17,20-21H2,1-5H3,(H,33,37)/t25-/m1/s1. The Balaban J connectivity index is 2.04. The number of aryl methyl sites for hydroxylation is 3. The smallest absolute Gasteiger partial charge is 0.264 e. The molecule has 3 aromatic rings. The molecule has 3 aromatic carbocycles. The van der Waals surface area contributed by atoms with Gasteiger partial charge in [0, 0.05) is 18.1 Å². The molecule has 0 bridgehead atoms. The first-order valence-electron chi connectivity index (χ1n) is 13.4. The summed E-state index contributed by atoms with van der Waals surface area (Å²) in [6.07, 6.45) is 1.74. The number of carbonyl (C=O) groups excluding carboxylic acids is 2. The molecule has 0 spiro atoms. The van der Waals surface area contributed by atoms with Crippen LogP contribution in [0.2, 0.25) is 5.02 Å². The highest BCUT2D eigenvalue weighted by Crippen LogP contribution is 2.30. The van der Waals surface area contributed by atoms with Gasteiger partial charge in [0.1, 0.15) is 12.6 Å². The molecule has 0 radical (unpaired) electrons. The molecule has 1 atom stereocenters. The van der Waals surface area contributed by atoms with E-state index in [4.69, 9.17) is 11.6 Å².